The first-order valence-electron chi connectivity index (χ1n) is 5.41. The van der Waals surface area contributed by atoms with Gasteiger partial charge in [0.2, 0.25) is 0 Å². The zero-order valence-corrected chi connectivity index (χ0v) is 9.44. The lowest BCUT2D eigenvalue weighted by molar-refractivity contribution is 1.05. The van der Waals surface area contributed by atoms with Crippen LogP contribution in [0.1, 0.15) is 5.56 Å². The number of rotatable bonds is 1. The molecule has 0 spiro atoms. The third-order valence-electron chi connectivity index (χ3n) is 2.86. The summed E-state index contributed by atoms with van der Waals surface area (Å²) in [6.45, 7) is 2.07. The van der Waals surface area contributed by atoms with E-state index >= 15 is 0 Å². The van der Waals surface area contributed by atoms with Gasteiger partial charge in [0.15, 0.2) is 0 Å². The summed E-state index contributed by atoms with van der Waals surface area (Å²) < 4.78 is 0. The number of nitrogens with one attached hydrogen (secondary N) is 1. The second kappa shape index (κ2) is 3.59. The molecule has 0 saturated carbocycles. The van der Waals surface area contributed by atoms with Crippen molar-refractivity contribution in [3.05, 3.63) is 42.1 Å². The predicted octanol–water partition coefficient (Wildman–Crippen LogP) is 2.52. The van der Waals surface area contributed by atoms with E-state index in [-0.39, 0.29) is 0 Å². The Labute approximate surface area is 98.5 Å². The molecule has 0 unspecified atom stereocenters. The van der Waals surface area contributed by atoms with Gasteiger partial charge in [-0.05, 0) is 48.2 Å². The second-order valence-corrected chi connectivity index (χ2v) is 4.08. The van der Waals surface area contributed by atoms with Gasteiger partial charge in [0.25, 0.3) is 0 Å². The summed E-state index contributed by atoms with van der Waals surface area (Å²) in [5.41, 5.74) is 9.73. The van der Waals surface area contributed by atoms with Crippen molar-refractivity contribution in [2.45, 2.75) is 6.92 Å². The molecule has 3 aromatic rings. The smallest absolute Gasteiger partial charge is 0.146 e. The Hall–Kier alpha value is -2.36. The first-order chi connectivity index (χ1) is 8.24. The molecule has 3 rings (SSSR count). The number of benzene rings is 1. The molecule has 0 aliphatic rings. The van der Waals surface area contributed by atoms with Crippen LogP contribution >= 0.6 is 0 Å². The number of fused-ring (bicyclic) bond motifs is 1. The molecule has 0 amide bonds. The molecule has 3 N–H and O–H groups in total. The summed E-state index contributed by atoms with van der Waals surface area (Å²) in [6, 6.07) is 9.94. The van der Waals surface area contributed by atoms with Crippen LogP contribution in [0.5, 0.6) is 0 Å². The predicted molar refractivity (Wildman–Crippen MR) is 68.5 cm³/mol. The average molecular weight is 224 g/mol. The van der Waals surface area contributed by atoms with Gasteiger partial charge in [0.05, 0.1) is 5.69 Å². The number of nitrogens with zero attached hydrogens (tertiary/aromatic N) is 2. The van der Waals surface area contributed by atoms with Crippen molar-refractivity contribution >= 4 is 16.7 Å². The fourth-order valence-electron chi connectivity index (χ4n) is 1.98. The number of H-pyrrole nitrogens is 1. The van der Waals surface area contributed by atoms with Crippen LogP contribution in [0.4, 0.5) is 5.82 Å². The van der Waals surface area contributed by atoms with E-state index in [4.69, 9.17) is 5.73 Å². The van der Waals surface area contributed by atoms with Crippen LogP contribution in [-0.2, 0) is 0 Å². The van der Waals surface area contributed by atoms with E-state index in [0.717, 1.165) is 16.8 Å². The van der Waals surface area contributed by atoms with E-state index in [9.17, 15) is 0 Å². The average Bonchev–Trinajstić information content (AvgIpc) is 2.76. The highest BCUT2D eigenvalue weighted by Crippen LogP contribution is 2.26. The van der Waals surface area contributed by atoms with Gasteiger partial charge in [-0.3, -0.25) is 0 Å². The lowest BCUT2D eigenvalue weighted by atomic mass is 10.0. The third kappa shape index (κ3) is 1.63. The Balaban J connectivity index is 2.21. The molecular formula is C13H12N4. The molecule has 17 heavy (non-hydrogen) atoms. The van der Waals surface area contributed by atoms with Crippen LogP contribution in [-0.4, -0.2) is 15.2 Å². The number of aromatic nitrogens is 3. The fourth-order valence-corrected chi connectivity index (χ4v) is 1.98. The van der Waals surface area contributed by atoms with Gasteiger partial charge in [0.1, 0.15) is 5.82 Å². The first kappa shape index (κ1) is 9.84. The Bertz CT molecular complexity index is 667. The van der Waals surface area contributed by atoms with E-state index in [1.807, 2.05) is 12.3 Å². The van der Waals surface area contributed by atoms with Gasteiger partial charge in [-0.15, -0.1) is 10.2 Å². The van der Waals surface area contributed by atoms with Gasteiger partial charge in [0, 0.05) is 17.3 Å². The second-order valence-electron chi connectivity index (χ2n) is 4.08. The Kier molecular flexibility index (Phi) is 2.08. The number of hydrogen-bond acceptors (Lipinski definition) is 3. The number of hydrogen-bond donors (Lipinski definition) is 2. The Morgan fingerprint density at radius 2 is 2.00 bits per heavy atom. The highest BCUT2D eigenvalue weighted by molar-refractivity contribution is 5.86. The summed E-state index contributed by atoms with van der Waals surface area (Å²) in [5.74, 6) is 0.437. The quantitative estimate of drug-likeness (QED) is 0.667. The van der Waals surface area contributed by atoms with Crippen molar-refractivity contribution in [1.29, 1.82) is 0 Å². The Morgan fingerprint density at radius 1 is 1.12 bits per heavy atom. The van der Waals surface area contributed by atoms with E-state index in [0.29, 0.717) is 5.82 Å². The molecule has 0 aliphatic heterocycles. The van der Waals surface area contributed by atoms with E-state index in [1.54, 1.807) is 6.07 Å². The van der Waals surface area contributed by atoms with Crippen LogP contribution in [0.15, 0.2) is 36.5 Å². The van der Waals surface area contributed by atoms with Crippen molar-refractivity contribution in [3.8, 4) is 11.3 Å². The molecule has 0 fully saturated rings. The van der Waals surface area contributed by atoms with E-state index in [2.05, 4.69) is 40.3 Å². The van der Waals surface area contributed by atoms with E-state index < -0.39 is 0 Å². The maximum Gasteiger partial charge on any atom is 0.146 e. The summed E-state index contributed by atoms with van der Waals surface area (Å²) in [6.07, 6.45) is 1.93. The molecule has 4 heteroatoms. The minimum absolute atomic E-state index is 0.437. The minimum Gasteiger partial charge on any atom is -0.382 e. The van der Waals surface area contributed by atoms with Crippen molar-refractivity contribution in [1.82, 2.24) is 15.2 Å². The highest BCUT2D eigenvalue weighted by Gasteiger charge is 2.06. The molecular weight excluding hydrogens is 212 g/mol. The molecule has 1 aromatic carbocycles. The summed E-state index contributed by atoms with van der Waals surface area (Å²) in [4.78, 5) is 3.20. The van der Waals surface area contributed by atoms with Crippen molar-refractivity contribution in [2.75, 3.05) is 5.73 Å². The third-order valence-corrected chi connectivity index (χ3v) is 2.86. The van der Waals surface area contributed by atoms with Crippen LogP contribution in [0.2, 0.25) is 0 Å². The topological polar surface area (TPSA) is 67.6 Å². The molecule has 0 bridgehead atoms. The first-order valence-corrected chi connectivity index (χ1v) is 5.41. The molecule has 0 atom stereocenters. The van der Waals surface area contributed by atoms with Gasteiger partial charge in [-0.1, -0.05) is 0 Å². The van der Waals surface area contributed by atoms with Gasteiger partial charge in [-0.2, -0.15) is 0 Å². The standard InChI is InChI=1S/C13H12N4/c1-8-6-9-4-5-15-12(9)7-10(8)11-2-3-13(14)17-16-11/h2-7,15H,1H3,(H2,14,17). The number of aromatic amines is 1. The maximum absolute atomic E-state index is 5.54. The number of nitrogen functional groups attached to an aromatic ring is 1. The van der Waals surface area contributed by atoms with Crippen molar-refractivity contribution in [3.63, 3.8) is 0 Å². The van der Waals surface area contributed by atoms with Gasteiger partial charge >= 0.3 is 0 Å². The maximum atomic E-state index is 5.54. The molecule has 0 saturated heterocycles. The summed E-state index contributed by atoms with van der Waals surface area (Å²) in [7, 11) is 0. The molecule has 2 aromatic heterocycles. The number of anilines is 1. The van der Waals surface area contributed by atoms with Crippen molar-refractivity contribution in [2.24, 2.45) is 0 Å². The fraction of sp³-hybridized carbons (Fsp3) is 0.0769. The lowest BCUT2D eigenvalue weighted by Crippen LogP contribution is -1.95. The molecule has 84 valence electrons. The van der Waals surface area contributed by atoms with Crippen molar-refractivity contribution < 1.29 is 0 Å². The molecule has 2 heterocycles. The Morgan fingerprint density at radius 3 is 2.76 bits per heavy atom. The summed E-state index contributed by atoms with van der Waals surface area (Å²) in [5, 5.41) is 9.20. The molecule has 0 radical (unpaired) electrons. The van der Waals surface area contributed by atoms with Crippen LogP contribution < -0.4 is 5.73 Å². The highest BCUT2D eigenvalue weighted by atomic mass is 15.1. The number of aryl methyl sites for hydroxylation is 1. The molecule has 4 nitrogen and oxygen atoms in total. The van der Waals surface area contributed by atoms with Gasteiger partial charge in [-0.25, -0.2) is 0 Å². The van der Waals surface area contributed by atoms with Crippen LogP contribution in [0.25, 0.3) is 22.2 Å². The lowest BCUT2D eigenvalue weighted by Gasteiger charge is -2.05. The van der Waals surface area contributed by atoms with Gasteiger partial charge < -0.3 is 10.7 Å². The largest absolute Gasteiger partial charge is 0.382 e. The normalized spacial score (nSPS) is 10.9. The van der Waals surface area contributed by atoms with Crippen LogP contribution in [0.3, 0.4) is 0 Å². The summed E-state index contributed by atoms with van der Waals surface area (Å²) >= 11 is 0. The SMILES string of the molecule is Cc1cc2cc[nH]c2cc1-c1ccc(N)nn1. The monoisotopic (exact) mass is 224 g/mol. The molecule has 0 aliphatic carbocycles. The number of nitrogens with two attached hydrogens (primary N) is 1. The van der Waals surface area contributed by atoms with E-state index in [1.165, 1.54) is 10.9 Å². The zero-order valence-electron chi connectivity index (χ0n) is 9.44. The van der Waals surface area contributed by atoms with Crippen LogP contribution in [0, 0.1) is 6.92 Å². The zero-order chi connectivity index (χ0) is 11.8. The minimum atomic E-state index is 0.437.